The summed E-state index contributed by atoms with van der Waals surface area (Å²) in [7, 11) is 0. The fraction of sp³-hybridized carbons (Fsp3) is 0.0909. The highest BCUT2D eigenvalue weighted by atomic mass is 79.9. The first-order valence-corrected chi connectivity index (χ1v) is 6.64. The van der Waals surface area contributed by atoms with Crippen LogP contribution in [0.15, 0.2) is 27.1 Å². The number of aromatic amines is 1. The van der Waals surface area contributed by atoms with Crippen molar-refractivity contribution in [2.45, 2.75) is 6.92 Å². The van der Waals surface area contributed by atoms with E-state index in [-0.39, 0.29) is 5.91 Å². The van der Waals surface area contributed by atoms with Crippen LogP contribution >= 0.6 is 31.9 Å². The largest absolute Gasteiger partial charge is 0.394 e. The van der Waals surface area contributed by atoms with Crippen molar-refractivity contribution in [3.05, 3.63) is 38.4 Å². The third-order valence-corrected chi connectivity index (χ3v) is 3.58. The lowest BCUT2D eigenvalue weighted by Gasteiger charge is -2.05. The maximum Gasteiger partial charge on any atom is 0.258 e. The van der Waals surface area contributed by atoms with E-state index >= 15 is 0 Å². The third-order valence-electron chi connectivity index (χ3n) is 2.40. The Labute approximate surface area is 120 Å². The van der Waals surface area contributed by atoms with Crippen LogP contribution in [-0.4, -0.2) is 16.1 Å². The molecule has 18 heavy (non-hydrogen) atoms. The van der Waals surface area contributed by atoms with Crippen LogP contribution < -0.4 is 11.1 Å². The number of benzene rings is 1. The molecule has 0 bridgehead atoms. The van der Waals surface area contributed by atoms with Crippen LogP contribution in [0.4, 0.5) is 11.5 Å². The van der Waals surface area contributed by atoms with Gasteiger partial charge >= 0.3 is 0 Å². The molecule has 1 amide bonds. The molecule has 1 heterocycles. The smallest absolute Gasteiger partial charge is 0.258 e. The van der Waals surface area contributed by atoms with Crippen LogP contribution in [0, 0.1) is 6.92 Å². The summed E-state index contributed by atoms with van der Waals surface area (Å²) in [4.78, 5) is 12.1. The Morgan fingerprint density at radius 2 is 2.17 bits per heavy atom. The van der Waals surface area contributed by atoms with Crippen molar-refractivity contribution in [1.82, 2.24) is 10.2 Å². The fourth-order valence-corrected chi connectivity index (χ4v) is 2.17. The summed E-state index contributed by atoms with van der Waals surface area (Å²) in [5, 5.41) is 9.29. The highest BCUT2D eigenvalue weighted by molar-refractivity contribution is 9.11. The average Bonchev–Trinajstić information content (AvgIpc) is 2.64. The number of anilines is 2. The molecule has 1 aromatic heterocycles. The molecule has 0 saturated carbocycles. The predicted molar refractivity (Wildman–Crippen MR) is 77.5 cm³/mol. The van der Waals surface area contributed by atoms with Crippen molar-refractivity contribution < 1.29 is 4.79 Å². The van der Waals surface area contributed by atoms with Gasteiger partial charge in [0.25, 0.3) is 5.91 Å². The van der Waals surface area contributed by atoms with E-state index in [4.69, 9.17) is 5.73 Å². The molecule has 94 valence electrons. The Hall–Kier alpha value is -1.34. The quantitative estimate of drug-likeness (QED) is 0.756. The molecule has 0 saturated heterocycles. The van der Waals surface area contributed by atoms with E-state index in [1.54, 1.807) is 19.1 Å². The van der Waals surface area contributed by atoms with E-state index in [0.29, 0.717) is 21.5 Å². The second-order valence-corrected chi connectivity index (χ2v) is 5.46. The summed E-state index contributed by atoms with van der Waals surface area (Å²) in [6.07, 6.45) is 0. The van der Waals surface area contributed by atoms with Crippen molar-refractivity contribution in [2.75, 3.05) is 11.1 Å². The lowest BCUT2D eigenvalue weighted by Crippen LogP contribution is -2.14. The van der Waals surface area contributed by atoms with Gasteiger partial charge in [-0.1, -0.05) is 15.9 Å². The molecule has 5 nitrogen and oxygen atoms in total. The minimum Gasteiger partial charge on any atom is -0.394 e. The zero-order valence-electron chi connectivity index (χ0n) is 9.42. The van der Waals surface area contributed by atoms with Crippen molar-refractivity contribution in [1.29, 1.82) is 0 Å². The molecular formula is C11H10Br2N4O. The standard InChI is InChI=1S/C11H10Br2N4O/c1-5-9(14)10(17-16-5)15-11(18)7-4-6(12)2-3-8(7)13/h2-4H,14H2,1H3,(H2,15,16,17,18). The molecule has 0 aliphatic carbocycles. The van der Waals surface area contributed by atoms with E-state index in [2.05, 4.69) is 47.4 Å². The minimum atomic E-state index is -0.277. The van der Waals surface area contributed by atoms with Gasteiger partial charge in [0, 0.05) is 8.95 Å². The predicted octanol–water partition coefficient (Wildman–Crippen LogP) is 3.08. The number of carbonyl (C=O) groups is 1. The SMILES string of the molecule is Cc1[nH]nc(NC(=O)c2cc(Br)ccc2Br)c1N. The van der Waals surface area contributed by atoms with E-state index in [0.717, 1.165) is 10.2 Å². The number of hydrogen-bond donors (Lipinski definition) is 3. The molecule has 2 aromatic rings. The number of aryl methyl sites for hydroxylation is 1. The number of halogens is 2. The number of rotatable bonds is 2. The number of nitrogen functional groups attached to an aromatic ring is 1. The second kappa shape index (κ2) is 5.11. The molecular weight excluding hydrogens is 364 g/mol. The monoisotopic (exact) mass is 372 g/mol. The van der Waals surface area contributed by atoms with Crippen molar-refractivity contribution in [3.8, 4) is 0 Å². The number of hydrogen-bond acceptors (Lipinski definition) is 3. The van der Waals surface area contributed by atoms with E-state index in [1.807, 2.05) is 6.07 Å². The number of nitrogens with two attached hydrogens (primary N) is 1. The van der Waals surface area contributed by atoms with Crippen LogP contribution in [0.2, 0.25) is 0 Å². The molecule has 0 spiro atoms. The maximum atomic E-state index is 12.1. The Morgan fingerprint density at radius 3 is 2.78 bits per heavy atom. The van der Waals surface area contributed by atoms with E-state index in [1.165, 1.54) is 0 Å². The topological polar surface area (TPSA) is 83.8 Å². The first-order chi connectivity index (χ1) is 8.49. The summed E-state index contributed by atoms with van der Waals surface area (Å²) >= 11 is 6.65. The lowest BCUT2D eigenvalue weighted by molar-refractivity contribution is 0.102. The number of nitrogens with zero attached hydrogens (tertiary/aromatic N) is 1. The zero-order chi connectivity index (χ0) is 13.3. The van der Waals surface area contributed by atoms with Crippen molar-refractivity contribution >= 4 is 49.3 Å². The third kappa shape index (κ3) is 2.56. The highest BCUT2D eigenvalue weighted by Gasteiger charge is 2.14. The first kappa shape index (κ1) is 13.1. The molecule has 7 heteroatoms. The van der Waals surface area contributed by atoms with Crippen LogP contribution in [0.3, 0.4) is 0 Å². The van der Waals surface area contributed by atoms with Gasteiger partial charge in [0.15, 0.2) is 5.82 Å². The molecule has 4 N–H and O–H groups in total. The summed E-state index contributed by atoms with van der Waals surface area (Å²) in [6.45, 7) is 1.78. The Bertz CT molecular complexity index is 609. The molecule has 0 radical (unpaired) electrons. The van der Waals surface area contributed by atoms with Gasteiger partial charge in [-0.3, -0.25) is 9.89 Å². The number of carbonyl (C=O) groups excluding carboxylic acids is 1. The summed E-state index contributed by atoms with van der Waals surface area (Å²) < 4.78 is 1.52. The molecule has 1 aromatic carbocycles. The molecule has 2 rings (SSSR count). The van der Waals surface area contributed by atoms with Gasteiger partial charge in [0.1, 0.15) is 0 Å². The Kier molecular flexibility index (Phi) is 3.72. The van der Waals surface area contributed by atoms with Crippen molar-refractivity contribution in [2.24, 2.45) is 0 Å². The fourth-order valence-electron chi connectivity index (χ4n) is 1.38. The first-order valence-electron chi connectivity index (χ1n) is 5.06. The van der Waals surface area contributed by atoms with E-state index < -0.39 is 0 Å². The van der Waals surface area contributed by atoms with Crippen LogP contribution in [-0.2, 0) is 0 Å². The lowest BCUT2D eigenvalue weighted by atomic mass is 10.2. The number of aromatic nitrogens is 2. The molecule has 0 aliphatic heterocycles. The molecule has 0 unspecified atom stereocenters. The van der Waals surface area contributed by atoms with Gasteiger partial charge in [-0.25, -0.2) is 0 Å². The zero-order valence-corrected chi connectivity index (χ0v) is 12.6. The van der Waals surface area contributed by atoms with Gasteiger partial charge < -0.3 is 11.1 Å². The molecule has 0 atom stereocenters. The van der Waals surface area contributed by atoms with Gasteiger partial charge in [-0.2, -0.15) is 5.10 Å². The van der Waals surface area contributed by atoms with Gasteiger partial charge in [-0.15, -0.1) is 0 Å². The average molecular weight is 374 g/mol. The van der Waals surface area contributed by atoms with Gasteiger partial charge in [-0.05, 0) is 41.1 Å². The van der Waals surface area contributed by atoms with Crippen LogP contribution in [0.5, 0.6) is 0 Å². The number of nitrogens with one attached hydrogen (secondary N) is 2. The van der Waals surface area contributed by atoms with Crippen LogP contribution in [0.25, 0.3) is 0 Å². The Morgan fingerprint density at radius 1 is 1.44 bits per heavy atom. The molecule has 0 fully saturated rings. The minimum absolute atomic E-state index is 0.277. The molecule has 0 aliphatic rings. The van der Waals surface area contributed by atoms with Gasteiger partial charge in [0.05, 0.1) is 16.9 Å². The van der Waals surface area contributed by atoms with Crippen LogP contribution in [0.1, 0.15) is 16.1 Å². The Balaban J connectivity index is 2.27. The normalized spacial score (nSPS) is 10.4. The summed E-state index contributed by atoms with van der Waals surface area (Å²) in [5.41, 5.74) is 7.43. The van der Waals surface area contributed by atoms with Crippen molar-refractivity contribution in [3.63, 3.8) is 0 Å². The number of amides is 1. The van der Waals surface area contributed by atoms with Gasteiger partial charge in [0.2, 0.25) is 0 Å². The van der Waals surface area contributed by atoms with E-state index in [9.17, 15) is 4.79 Å². The maximum absolute atomic E-state index is 12.1. The highest BCUT2D eigenvalue weighted by Crippen LogP contribution is 2.24. The number of H-pyrrole nitrogens is 1. The summed E-state index contributed by atoms with van der Waals surface area (Å²) in [6, 6.07) is 5.35. The second-order valence-electron chi connectivity index (χ2n) is 3.69. The summed E-state index contributed by atoms with van der Waals surface area (Å²) in [5.74, 6) is 0.0609.